The average Bonchev–Trinajstić information content (AvgIpc) is 2.96. The number of ether oxygens (including phenoxy) is 1. The third-order valence-corrected chi connectivity index (χ3v) is 5.90. The van der Waals surface area contributed by atoms with Crippen LogP contribution in [0.4, 0.5) is 0 Å². The quantitative estimate of drug-likeness (QED) is 0.910. The van der Waals surface area contributed by atoms with Gasteiger partial charge in [-0.15, -0.1) is 0 Å². The molecule has 1 aromatic heterocycles. The van der Waals surface area contributed by atoms with Crippen LogP contribution >= 0.6 is 0 Å². The zero-order chi connectivity index (χ0) is 17.6. The number of amides is 1. The Kier molecular flexibility index (Phi) is 4.02. The van der Waals surface area contributed by atoms with Gasteiger partial charge < -0.3 is 10.1 Å². The summed E-state index contributed by atoms with van der Waals surface area (Å²) in [7, 11) is 1.89. The highest BCUT2D eigenvalue weighted by Crippen LogP contribution is 2.38. The van der Waals surface area contributed by atoms with Crippen molar-refractivity contribution in [2.24, 2.45) is 18.9 Å². The Balaban J connectivity index is 1.63. The Labute approximate surface area is 148 Å². The lowest BCUT2D eigenvalue weighted by molar-refractivity contribution is 0.0882. The summed E-state index contributed by atoms with van der Waals surface area (Å²) in [5.74, 6) is 1.91. The van der Waals surface area contributed by atoms with Gasteiger partial charge in [-0.25, -0.2) is 0 Å². The predicted molar refractivity (Wildman–Crippen MR) is 96.4 cm³/mol. The Morgan fingerprint density at radius 2 is 2.08 bits per heavy atom. The molecule has 2 aliphatic rings. The van der Waals surface area contributed by atoms with Crippen LogP contribution in [0.15, 0.2) is 24.3 Å². The summed E-state index contributed by atoms with van der Waals surface area (Å²) in [6.07, 6.45) is 3.47. The van der Waals surface area contributed by atoms with Crippen LogP contribution in [0.2, 0.25) is 0 Å². The van der Waals surface area contributed by atoms with Gasteiger partial charge in [0.1, 0.15) is 12.4 Å². The molecule has 1 amide bonds. The fraction of sp³-hybridized carbons (Fsp3) is 0.500. The van der Waals surface area contributed by atoms with Crippen molar-refractivity contribution in [3.05, 3.63) is 35.5 Å². The molecule has 1 N–H and O–H groups in total. The third-order valence-electron chi connectivity index (χ3n) is 5.90. The Bertz CT molecular complexity index is 811. The highest BCUT2D eigenvalue weighted by Gasteiger charge is 2.32. The number of rotatable bonds is 2. The van der Waals surface area contributed by atoms with Crippen molar-refractivity contribution in [1.29, 1.82) is 0 Å². The van der Waals surface area contributed by atoms with Gasteiger partial charge >= 0.3 is 0 Å². The van der Waals surface area contributed by atoms with Gasteiger partial charge in [-0.3, -0.25) is 9.48 Å². The molecule has 25 heavy (non-hydrogen) atoms. The maximum atomic E-state index is 12.9. The average molecular weight is 339 g/mol. The van der Waals surface area contributed by atoms with E-state index < -0.39 is 0 Å². The lowest BCUT2D eigenvalue weighted by Crippen LogP contribution is -2.44. The second kappa shape index (κ2) is 6.21. The summed E-state index contributed by atoms with van der Waals surface area (Å²) in [6.45, 7) is 4.90. The number of aromatic nitrogens is 2. The summed E-state index contributed by atoms with van der Waals surface area (Å²) < 4.78 is 7.65. The molecule has 0 spiro atoms. The van der Waals surface area contributed by atoms with Gasteiger partial charge in [0.15, 0.2) is 5.69 Å². The zero-order valence-electron chi connectivity index (χ0n) is 15.1. The van der Waals surface area contributed by atoms with E-state index in [-0.39, 0.29) is 11.9 Å². The zero-order valence-corrected chi connectivity index (χ0v) is 15.1. The number of fused-ring (bicyclic) bond motifs is 3. The lowest BCUT2D eigenvalue weighted by Gasteiger charge is -2.34. The minimum atomic E-state index is -0.0780. The molecule has 2 aromatic rings. The summed E-state index contributed by atoms with van der Waals surface area (Å²) in [5, 5.41) is 7.76. The van der Waals surface area contributed by atoms with Crippen LogP contribution in [0.5, 0.6) is 5.75 Å². The number of hydrogen-bond acceptors (Lipinski definition) is 3. The van der Waals surface area contributed by atoms with Crippen LogP contribution in [0, 0.1) is 11.8 Å². The molecule has 3 atom stereocenters. The first kappa shape index (κ1) is 16.2. The molecule has 1 aromatic carbocycles. The van der Waals surface area contributed by atoms with Crippen LogP contribution < -0.4 is 10.1 Å². The first-order valence-electron chi connectivity index (χ1n) is 9.15. The summed E-state index contributed by atoms with van der Waals surface area (Å²) in [5.41, 5.74) is 3.36. The lowest BCUT2D eigenvalue weighted by atomic mass is 9.78. The van der Waals surface area contributed by atoms with Crippen LogP contribution in [0.25, 0.3) is 11.3 Å². The maximum absolute atomic E-state index is 12.9. The van der Waals surface area contributed by atoms with Gasteiger partial charge in [-0.2, -0.15) is 5.10 Å². The fourth-order valence-corrected chi connectivity index (χ4v) is 4.18. The Hall–Kier alpha value is -2.30. The molecular weight excluding hydrogens is 314 g/mol. The van der Waals surface area contributed by atoms with Crippen molar-refractivity contribution in [1.82, 2.24) is 15.1 Å². The van der Waals surface area contributed by atoms with E-state index in [1.807, 2.05) is 31.3 Å². The van der Waals surface area contributed by atoms with Gasteiger partial charge in [0, 0.05) is 24.2 Å². The number of para-hydroxylation sites is 1. The van der Waals surface area contributed by atoms with Gasteiger partial charge in [-0.05, 0) is 30.4 Å². The number of nitrogens with zero attached hydrogens (tertiary/aromatic N) is 2. The van der Waals surface area contributed by atoms with E-state index in [0.29, 0.717) is 24.1 Å². The van der Waals surface area contributed by atoms with E-state index in [1.165, 1.54) is 12.8 Å². The number of nitrogens with one attached hydrogen (secondary N) is 1. The molecule has 5 nitrogen and oxygen atoms in total. The Morgan fingerprint density at radius 3 is 2.92 bits per heavy atom. The monoisotopic (exact) mass is 339 g/mol. The highest BCUT2D eigenvalue weighted by atomic mass is 16.5. The molecule has 0 bridgehead atoms. The van der Waals surface area contributed by atoms with Crippen molar-refractivity contribution in [3.8, 4) is 17.0 Å². The minimum absolute atomic E-state index is 0.0780. The SMILES string of the molecule is C[C@H]1[C@H](C)CCC[C@@H]1NC(=O)c1nn(C)c2c1COc1ccccc1-2. The summed E-state index contributed by atoms with van der Waals surface area (Å²) >= 11 is 0. The predicted octanol–water partition coefficient (Wildman–Crippen LogP) is 3.53. The minimum Gasteiger partial charge on any atom is -0.488 e. The molecule has 1 aliphatic heterocycles. The van der Waals surface area contributed by atoms with Crippen molar-refractivity contribution in [3.63, 3.8) is 0 Å². The number of benzene rings is 1. The van der Waals surface area contributed by atoms with Gasteiger partial charge in [0.05, 0.1) is 5.69 Å². The Morgan fingerprint density at radius 1 is 1.28 bits per heavy atom. The standard InChI is InChI=1S/C20H25N3O2/c1-12-7-6-9-16(13(12)2)21-20(24)18-15-11-25-17-10-5-4-8-14(17)19(15)23(3)22-18/h4-5,8,10,12-13,16H,6-7,9,11H2,1-3H3,(H,21,24)/t12-,13+,16+/m1/s1. The molecule has 5 heteroatoms. The molecule has 1 saturated carbocycles. The number of carbonyl (C=O) groups is 1. The van der Waals surface area contributed by atoms with E-state index in [0.717, 1.165) is 29.0 Å². The van der Waals surface area contributed by atoms with E-state index in [4.69, 9.17) is 4.74 Å². The molecular formula is C20H25N3O2. The molecule has 2 heterocycles. The van der Waals surface area contributed by atoms with E-state index in [1.54, 1.807) is 4.68 Å². The molecule has 4 rings (SSSR count). The van der Waals surface area contributed by atoms with Crippen LogP contribution in [-0.4, -0.2) is 21.7 Å². The summed E-state index contributed by atoms with van der Waals surface area (Å²) in [6, 6.07) is 8.14. The van der Waals surface area contributed by atoms with Crippen molar-refractivity contribution in [2.45, 2.75) is 45.8 Å². The van der Waals surface area contributed by atoms with E-state index in [9.17, 15) is 4.79 Å². The van der Waals surface area contributed by atoms with Crippen LogP contribution in [-0.2, 0) is 13.7 Å². The smallest absolute Gasteiger partial charge is 0.272 e. The maximum Gasteiger partial charge on any atom is 0.272 e. The van der Waals surface area contributed by atoms with Crippen molar-refractivity contribution in [2.75, 3.05) is 0 Å². The van der Waals surface area contributed by atoms with Crippen molar-refractivity contribution < 1.29 is 9.53 Å². The fourth-order valence-electron chi connectivity index (χ4n) is 4.18. The molecule has 0 saturated heterocycles. The van der Waals surface area contributed by atoms with Gasteiger partial charge in [-0.1, -0.05) is 38.8 Å². The van der Waals surface area contributed by atoms with Gasteiger partial charge in [0.2, 0.25) is 0 Å². The number of hydrogen-bond donors (Lipinski definition) is 1. The number of aryl methyl sites for hydroxylation is 1. The third kappa shape index (κ3) is 2.71. The first-order chi connectivity index (χ1) is 12.1. The second-order valence-corrected chi connectivity index (χ2v) is 7.43. The van der Waals surface area contributed by atoms with Gasteiger partial charge in [0.25, 0.3) is 5.91 Å². The first-order valence-corrected chi connectivity index (χ1v) is 9.15. The molecule has 0 radical (unpaired) electrons. The highest BCUT2D eigenvalue weighted by molar-refractivity contribution is 5.96. The van der Waals surface area contributed by atoms with Crippen molar-refractivity contribution >= 4 is 5.91 Å². The molecule has 132 valence electrons. The second-order valence-electron chi connectivity index (χ2n) is 7.43. The topological polar surface area (TPSA) is 56.2 Å². The number of carbonyl (C=O) groups excluding carboxylic acids is 1. The molecule has 1 aliphatic carbocycles. The molecule has 1 fully saturated rings. The largest absolute Gasteiger partial charge is 0.488 e. The summed E-state index contributed by atoms with van der Waals surface area (Å²) in [4.78, 5) is 12.9. The molecule has 0 unspecified atom stereocenters. The van der Waals surface area contributed by atoms with Crippen LogP contribution in [0.1, 0.15) is 49.2 Å². The van der Waals surface area contributed by atoms with Crippen LogP contribution in [0.3, 0.4) is 0 Å². The van der Waals surface area contributed by atoms with E-state index in [2.05, 4.69) is 24.3 Å². The van der Waals surface area contributed by atoms with E-state index >= 15 is 0 Å². The normalized spacial score (nSPS) is 24.8.